The molecule has 0 spiro atoms. The SMILES string of the molecule is CCN(CC)[C@H](CO)[C@H](O)[C@@H](O)[C@@H](CO)Oc1cc2ncnc(Nc3ccc(Br)c(Cl)c3)c2cc1OC. The largest absolute Gasteiger partial charge is 0.493 e. The van der Waals surface area contributed by atoms with Gasteiger partial charge in [0.15, 0.2) is 17.6 Å². The Morgan fingerprint density at radius 2 is 1.76 bits per heavy atom. The zero-order chi connectivity index (χ0) is 27.1. The minimum Gasteiger partial charge on any atom is -0.493 e. The number of fused-ring (bicyclic) bond motifs is 1. The highest BCUT2D eigenvalue weighted by Crippen LogP contribution is 2.36. The van der Waals surface area contributed by atoms with Crippen molar-refractivity contribution in [3.8, 4) is 11.5 Å². The number of aliphatic hydroxyl groups excluding tert-OH is 4. The summed E-state index contributed by atoms with van der Waals surface area (Å²) >= 11 is 9.58. The quantitative estimate of drug-likeness (QED) is 0.199. The summed E-state index contributed by atoms with van der Waals surface area (Å²) in [7, 11) is 1.46. The lowest BCUT2D eigenvalue weighted by molar-refractivity contribution is -0.102. The van der Waals surface area contributed by atoms with Gasteiger partial charge in [0.25, 0.3) is 0 Å². The van der Waals surface area contributed by atoms with Gasteiger partial charge in [-0.05, 0) is 53.3 Å². The van der Waals surface area contributed by atoms with E-state index in [4.69, 9.17) is 21.1 Å². The monoisotopic (exact) mass is 598 g/mol. The Bertz CT molecular complexity index is 1190. The summed E-state index contributed by atoms with van der Waals surface area (Å²) in [6, 6.07) is 7.97. The fourth-order valence-corrected chi connectivity index (χ4v) is 4.51. The van der Waals surface area contributed by atoms with Crippen LogP contribution < -0.4 is 14.8 Å². The van der Waals surface area contributed by atoms with Crippen LogP contribution in [0.1, 0.15) is 13.8 Å². The first-order chi connectivity index (χ1) is 17.8. The molecule has 0 fully saturated rings. The topological polar surface area (TPSA) is 140 Å². The molecule has 3 rings (SSSR count). The third-order valence-corrected chi connectivity index (χ3v) is 7.39. The van der Waals surface area contributed by atoms with Crippen molar-refractivity contribution in [3.05, 3.63) is 46.2 Å². The Morgan fingerprint density at radius 3 is 2.35 bits per heavy atom. The molecular weight excluding hydrogens is 568 g/mol. The summed E-state index contributed by atoms with van der Waals surface area (Å²) in [6.07, 6.45) is -2.67. The van der Waals surface area contributed by atoms with Gasteiger partial charge in [-0.15, -0.1) is 0 Å². The first-order valence-corrected chi connectivity index (χ1v) is 13.0. The Hall–Kier alpha value is -2.25. The van der Waals surface area contributed by atoms with Crippen LogP contribution in [0.15, 0.2) is 41.1 Å². The van der Waals surface area contributed by atoms with Crippen molar-refractivity contribution in [2.24, 2.45) is 0 Å². The maximum atomic E-state index is 10.8. The van der Waals surface area contributed by atoms with E-state index in [1.165, 1.54) is 13.4 Å². The Balaban J connectivity index is 1.90. The highest BCUT2D eigenvalue weighted by atomic mass is 79.9. The van der Waals surface area contributed by atoms with Crippen LogP contribution in [0.2, 0.25) is 5.02 Å². The minimum absolute atomic E-state index is 0.208. The molecule has 0 bridgehead atoms. The maximum Gasteiger partial charge on any atom is 0.164 e. The molecule has 0 aliphatic carbocycles. The minimum atomic E-state index is -1.49. The van der Waals surface area contributed by atoms with Gasteiger partial charge in [-0.1, -0.05) is 25.4 Å². The number of hydrogen-bond acceptors (Lipinski definition) is 10. The van der Waals surface area contributed by atoms with Gasteiger partial charge in [0.1, 0.15) is 24.4 Å². The van der Waals surface area contributed by atoms with Crippen LogP contribution >= 0.6 is 27.5 Å². The Labute approximate surface area is 229 Å². The summed E-state index contributed by atoms with van der Waals surface area (Å²) in [4.78, 5) is 10.5. The van der Waals surface area contributed by atoms with Gasteiger partial charge in [0.2, 0.25) is 0 Å². The lowest BCUT2D eigenvalue weighted by Crippen LogP contribution is -2.55. The zero-order valence-corrected chi connectivity index (χ0v) is 23.1. The molecule has 1 aromatic heterocycles. The molecule has 0 aliphatic heterocycles. The number of halogens is 2. The number of benzene rings is 2. The summed E-state index contributed by atoms with van der Waals surface area (Å²) in [5.74, 6) is 1.02. The van der Waals surface area contributed by atoms with Crippen LogP contribution in [-0.4, -0.2) is 93.1 Å². The summed E-state index contributed by atoms with van der Waals surface area (Å²) in [5.41, 5.74) is 1.23. The van der Waals surface area contributed by atoms with Crippen molar-refractivity contribution < 1.29 is 29.9 Å². The first-order valence-electron chi connectivity index (χ1n) is 11.8. The van der Waals surface area contributed by atoms with Crippen molar-refractivity contribution in [3.63, 3.8) is 0 Å². The van der Waals surface area contributed by atoms with Crippen LogP contribution in [0.5, 0.6) is 11.5 Å². The molecule has 4 atom stereocenters. The van der Waals surface area contributed by atoms with Crippen LogP contribution in [0.3, 0.4) is 0 Å². The molecule has 0 radical (unpaired) electrons. The second-order valence-electron chi connectivity index (χ2n) is 8.29. The molecule has 12 heteroatoms. The maximum absolute atomic E-state index is 10.8. The number of rotatable bonds is 13. The molecule has 10 nitrogen and oxygen atoms in total. The van der Waals surface area contributed by atoms with Gasteiger partial charge in [-0.2, -0.15) is 0 Å². The van der Waals surface area contributed by atoms with Gasteiger partial charge in [-0.3, -0.25) is 4.90 Å². The lowest BCUT2D eigenvalue weighted by atomic mass is 10.00. The summed E-state index contributed by atoms with van der Waals surface area (Å²) in [5, 5.41) is 45.8. The summed E-state index contributed by atoms with van der Waals surface area (Å²) < 4.78 is 12.2. The standard InChI is InChI=1S/C25H32BrClN4O6/c1-4-31(5-2)19(11-32)23(34)24(35)22(12-33)37-21-10-18-15(9-20(21)36-3)25(29-13-28-18)30-14-6-7-16(26)17(27)8-14/h6-10,13,19,22-24,32-35H,4-5,11-12H2,1-3H3,(H,28,29,30)/t19-,22-,23+,24+/m1/s1. The second-order valence-corrected chi connectivity index (χ2v) is 9.55. The van der Waals surface area contributed by atoms with Crippen LogP contribution in [0.4, 0.5) is 11.5 Å². The van der Waals surface area contributed by atoms with Gasteiger partial charge < -0.3 is 35.2 Å². The number of nitrogens with zero attached hydrogens (tertiary/aromatic N) is 3. The fourth-order valence-electron chi connectivity index (χ4n) is 4.08. The molecular formula is C25H32BrClN4O6. The highest BCUT2D eigenvalue weighted by molar-refractivity contribution is 9.10. The molecule has 2 aromatic carbocycles. The van der Waals surface area contributed by atoms with Crippen molar-refractivity contribution in [2.45, 2.75) is 38.2 Å². The number of aliphatic hydroxyl groups is 4. The molecule has 3 aromatic rings. The van der Waals surface area contributed by atoms with Gasteiger partial charge in [0.05, 0.1) is 36.9 Å². The van der Waals surface area contributed by atoms with Crippen molar-refractivity contribution >= 4 is 49.9 Å². The van der Waals surface area contributed by atoms with Crippen molar-refractivity contribution in [1.29, 1.82) is 0 Å². The van der Waals surface area contributed by atoms with Gasteiger partial charge in [0, 0.05) is 21.6 Å². The smallest absolute Gasteiger partial charge is 0.164 e. The number of anilines is 2. The Morgan fingerprint density at radius 1 is 1.03 bits per heavy atom. The van der Waals surface area contributed by atoms with E-state index in [0.717, 1.165) is 10.2 Å². The third kappa shape index (κ3) is 6.80. The van der Waals surface area contributed by atoms with E-state index < -0.39 is 31.0 Å². The van der Waals surface area contributed by atoms with Crippen LogP contribution in [0.25, 0.3) is 10.9 Å². The highest BCUT2D eigenvalue weighted by Gasteiger charge is 2.35. The van der Waals surface area contributed by atoms with Crippen LogP contribution in [0, 0.1) is 0 Å². The molecule has 0 aliphatic rings. The number of nitrogens with one attached hydrogen (secondary N) is 1. The first kappa shape index (κ1) is 29.3. The molecule has 5 N–H and O–H groups in total. The van der Waals surface area contributed by atoms with Gasteiger partial charge in [-0.25, -0.2) is 9.97 Å². The number of aromatic nitrogens is 2. The van der Waals surface area contributed by atoms with Crippen molar-refractivity contribution in [2.75, 3.05) is 38.7 Å². The third-order valence-electron chi connectivity index (χ3n) is 6.15. The molecule has 37 heavy (non-hydrogen) atoms. The average molecular weight is 600 g/mol. The molecule has 0 unspecified atom stereocenters. The Kier molecular flexibility index (Phi) is 10.7. The lowest BCUT2D eigenvalue weighted by Gasteiger charge is -2.36. The van der Waals surface area contributed by atoms with E-state index >= 15 is 0 Å². The number of hydrogen-bond donors (Lipinski definition) is 5. The molecule has 0 saturated heterocycles. The predicted octanol–water partition coefficient (Wildman–Crippen LogP) is 2.96. The fraction of sp³-hybridized carbons (Fsp3) is 0.440. The van der Waals surface area contributed by atoms with E-state index in [9.17, 15) is 20.4 Å². The molecule has 202 valence electrons. The van der Waals surface area contributed by atoms with Crippen molar-refractivity contribution in [1.82, 2.24) is 14.9 Å². The zero-order valence-electron chi connectivity index (χ0n) is 20.8. The van der Waals surface area contributed by atoms with E-state index in [1.807, 2.05) is 30.9 Å². The van der Waals surface area contributed by atoms with E-state index in [2.05, 4.69) is 31.2 Å². The number of ether oxygens (including phenoxy) is 2. The number of likely N-dealkylation sites (N-methyl/N-ethyl adjacent to an activating group) is 1. The summed E-state index contributed by atoms with van der Waals surface area (Å²) in [6.45, 7) is 3.96. The van der Waals surface area contributed by atoms with Crippen LogP contribution in [-0.2, 0) is 0 Å². The second kappa shape index (κ2) is 13.5. The van der Waals surface area contributed by atoms with E-state index in [1.54, 1.807) is 18.2 Å². The molecule has 0 amide bonds. The predicted molar refractivity (Wildman–Crippen MR) is 146 cm³/mol. The number of methoxy groups -OCH3 is 1. The van der Waals surface area contributed by atoms with Gasteiger partial charge >= 0.3 is 0 Å². The molecule has 0 saturated carbocycles. The normalized spacial score (nSPS) is 14.9. The average Bonchev–Trinajstić information content (AvgIpc) is 2.91. The van der Waals surface area contributed by atoms with E-state index in [-0.39, 0.29) is 12.4 Å². The molecule has 1 heterocycles. The van der Waals surface area contributed by atoms with E-state index in [0.29, 0.717) is 40.6 Å².